The van der Waals surface area contributed by atoms with Crippen LogP contribution in [0.3, 0.4) is 0 Å². The summed E-state index contributed by atoms with van der Waals surface area (Å²) in [6, 6.07) is 10.5. The Hall–Kier alpha value is -0.860. The van der Waals surface area contributed by atoms with Crippen LogP contribution in [0, 0.1) is 0 Å². The largest absolute Gasteiger partial charge is 0.310 e. The van der Waals surface area contributed by atoms with Gasteiger partial charge in [-0.1, -0.05) is 155 Å². The van der Waals surface area contributed by atoms with E-state index in [4.69, 9.17) is 0 Å². The molecule has 0 saturated carbocycles. The van der Waals surface area contributed by atoms with E-state index in [1.54, 1.807) is 0 Å². The Morgan fingerprint density at radius 2 is 0.853 bits per heavy atom. The molecule has 34 heavy (non-hydrogen) atoms. The van der Waals surface area contributed by atoms with Crippen molar-refractivity contribution >= 4 is 0 Å². The second kappa shape index (κ2) is 22.6. The van der Waals surface area contributed by atoms with E-state index in [1.165, 1.54) is 127 Å². The lowest BCUT2D eigenvalue weighted by Gasteiger charge is -2.23. The first-order chi connectivity index (χ1) is 16.8. The molecule has 0 aliphatic heterocycles. The molecule has 1 aromatic rings. The van der Waals surface area contributed by atoms with Gasteiger partial charge >= 0.3 is 0 Å². The van der Waals surface area contributed by atoms with Crippen LogP contribution in [0.15, 0.2) is 24.3 Å². The van der Waals surface area contributed by atoms with Crippen molar-refractivity contribution in [3.63, 3.8) is 0 Å². The maximum absolute atomic E-state index is 3.78. The quantitative estimate of drug-likeness (QED) is 0.146. The van der Waals surface area contributed by atoms with Crippen LogP contribution < -0.4 is 10.6 Å². The predicted octanol–water partition coefficient (Wildman–Crippen LogP) is 10.0. The molecule has 2 unspecified atom stereocenters. The molecule has 0 heterocycles. The summed E-state index contributed by atoms with van der Waals surface area (Å²) in [6.45, 7) is 11.2. The zero-order valence-electron chi connectivity index (χ0n) is 23.6. The van der Waals surface area contributed by atoms with Crippen LogP contribution in [-0.4, -0.2) is 13.1 Å². The SMILES string of the molecule is CCCCCCCCCCC(NCC)c1cccc(C(CCCCCCCCCC)NCC)c1. The van der Waals surface area contributed by atoms with E-state index < -0.39 is 0 Å². The van der Waals surface area contributed by atoms with Crippen molar-refractivity contribution in [2.75, 3.05) is 13.1 Å². The van der Waals surface area contributed by atoms with E-state index in [-0.39, 0.29) is 0 Å². The van der Waals surface area contributed by atoms with Crippen LogP contribution >= 0.6 is 0 Å². The first-order valence-corrected chi connectivity index (χ1v) is 15.3. The Labute approximate surface area is 214 Å². The highest BCUT2D eigenvalue weighted by atomic mass is 14.9. The van der Waals surface area contributed by atoms with Gasteiger partial charge in [-0.25, -0.2) is 0 Å². The second-order valence-corrected chi connectivity index (χ2v) is 10.4. The molecule has 0 fully saturated rings. The summed E-state index contributed by atoms with van der Waals surface area (Å²) in [5.41, 5.74) is 2.97. The number of hydrogen-bond acceptors (Lipinski definition) is 2. The molecular weight excluding hydrogens is 412 g/mol. The topological polar surface area (TPSA) is 24.1 Å². The number of hydrogen-bond donors (Lipinski definition) is 2. The van der Waals surface area contributed by atoms with Crippen LogP contribution in [0.4, 0.5) is 0 Å². The molecule has 1 aromatic carbocycles. The average Bonchev–Trinajstić information content (AvgIpc) is 2.86. The van der Waals surface area contributed by atoms with Crippen molar-refractivity contribution in [2.24, 2.45) is 0 Å². The van der Waals surface area contributed by atoms with Crippen molar-refractivity contribution < 1.29 is 0 Å². The molecule has 0 spiro atoms. The Balaban J connectivity index is 2.50. The lowest BCUT2D eigenvalue weighted by molar-refractivity contribution is 0.466. The van der Waals surface area contributed by atoms with Gasteiger partial charge in [-0.2, -0.15) is 0 Å². The van der Waals surface area contributed by atoms with Gasteiger partial charge in [0.05, 0.1) is 0 Å². The third-order valence-electron chi connectivity index (χ3n) is 7.31. The minimum Gasteiger partial charge on any atom is -0.310 e. The highest BCUT2D eigenvalue weighted by molar-refractivity contribution is 5.28. The van der Waals surface area contributed by atoms with Gasteiger partial charge in [0.2, 0.25) is 0 Å². The summed E-state index contributed by atoms with van der Waals surface area (Å²) in [5, 5.41) is 7.55. The maximum atomic E-state index is 3.78. The van der Waals surface area contributed by atoms with Crippen molar-refractivity contribution in [3.8, 4) is 0 Å². The standard InChI is InChI=1S/C32H60N2/c1-5-9-11-13-15-17-19-21-26-31(33-7-3)29-24-23-25-30(28-29)32(34-8-4)27-22-20-18-16-14-12-10-6-2/h23-25,28,31-34H,5-22,26-27H2,1-4H3. The third kappa shape index (κ3) is 15.2. The van der Waals surface area contributed by atoms with E-state index in [1.807, 2.05) is 0 Å². The van der Waals surface area contributed by atoms with Gasteiger partial charge < -0.3 is 10.6 Å². The number of unbranched alkanes of at least 4 members (excludes halogenated alkanes) is 14. The van der Waals surface area contributed by atoms with Gasteiger partial charge in [0.15, 0.2) is 0 Å². The fourth-order valence-corrected chi connectivity index (χ4v) is 5.22. The summed E-state index contributed by atoms with van der Waals surface area (Å²) in [4.78, 5) is 0. The predicted molar refractivity (Wildman–Crippen MR) is 154 cm³/mol. The Morgan fingerprint density at radius 1 is 0.500 bits per heavy atom. The molecule has 2 heteroatoms. The van der Waals surface area contributed by atoms with E-state index in [9.17, 15) is 0 Å². The highest BCUT2D eigenvalue weighted by Crippen LogP contribution is 2.26. The maximum Gasteiger partial charge on any atom is 0.0320 e. The zero-order chi connectivity index (χ0) is 24.7. The number of benzene rings is 1. The highest BCUT2D eigenvalue weighted by Gasteiger charge is 2.14. The molecule has 2 nitrogen and oxygen atoms in total. The Morgan fingerprint density at radius 3 is 1.21 bits per heavy atom. The molecule has 0 bridgehead atoms. The Kier molecular flexibility index (Phi) is 20.7. The smallest absolute Gasteiger partial charge is 0.0320 e. The molecule has 1 rings (SSSR count). The summed E-state index contributed by atoms with van der Waals surface area (Å²) in [5.74, 6) is 0. The number of rotatable bonds is 24. The first-order valence-electron chi connectivity index (χ1n) is 15.3. The van der Waals surface area contributed by atoms with Gasteiger partial charge in [0, 0.05) is 12.1 Å². The third-order valence-corrected chi connectivity index (χ3v) is 7.31. The van der Waals surface area contributed by atoms with Crippen molar-refractivity contribution in [1.82, 2.24) is 10.6 Å². The molecule has 0 aromatic heterocycles. The van der Waals surface area contributed by atoms with Crippen LogP contribution in [0.5, 0.6) is 0 Å². The van der Waals surface area contributed by atoms with Gasteiger partial charge in [0.25, 0.3) is 0 Å². The molecule has 2 atom stereocenters. The van der Waals surface area contributed by atoms with Gasteiger partial charge in [-0.05, 0) is 37.1 Å². The molecule has 2 N–H and O–H groups in total. The molecule has 0 aliphatic rings. The minimum atomic E-state index is 0.496. The van der Waals surface area contributed by atoms with Crippen molar-refractivity contribution in [1.29, 1.82) is 0 Å². The zero-order valence-corrected chi connectivity index (χ0v) is 23.6. The molecule has 198 valence electrons. The fourth-order valence-electron chi connectivity index (χ4n) is 5.22. The Bertz CT molecular complexity index is 510. The van der Waals surface area contributed by atoms with Gasteiger partial charge in [-0.3, -0.25) is 0 Å². The number of nitrogens with one attached hydrogen (secondary N) is 2. The summed E-state index contributed by atoms with van der Waals surface area (Å²) >= 11 is 0. The summed E-state index contributed by atoms with van der Waals surface area (Å²) in [7, 11) is 0. The molecule has 0 aliphatic carbocycles. The van der Waals surface area contributed by atoms with Crippen molar-refractivity contribution in [2.45, 2.75) is 155 Å². The van der Waals surface area contributed by atoms with E-state index in [0.717, 1.165) is 13.1 Å². The average molecular weight is 473 g/mol. The molecule has 0 radical (unpaired) electrons. The van der Waals surface area contributed by atoms with Gasteiger partial charge in [-0.15, -0.1) is 0 Å². The fraction of sp³-hybridized carbons (Fsp3) is 0.812. The van der Waals surface area contributed by atoms with Crippen LogP contribution in [0.1, 0.15) is 166 Å². The molecule has 0 saturated heterocycles. The molecule has 0 amide bonds. The summed E-state index contributed by atoms with van der Waals surface area (Å²) < 4.78 is 0. The van der Waals surface area contributed by atoms with E-state index in [2.05, 4.69) is 62.6 Å². The van der Waals surface area contributed by atoms with Crippen LogP contribution in [0.2, 0.25) is 0 Å². The minimum absolute atomic E-state index is 0.496. The van der Waals surface area contributed by atoms with E-state index in [0.29, 0.717) is 12.1 Å². The van der Waals surface area contributed by atoms with Crippen LogP contribution in [0.25, 0.3) is 0 Å². The lowest BCUT2D eigenvalue weighted by Crippen LogP contribution is -2.23. The normalized spacial score (nSPS) is 13.3. The van der Waals surface area contributed by atoms with E-state index >= 15 is 0 Å². The second-order valence-electron chi connectivity index (χ2n) is 10.4. The lowest BCUT2D eigenvalue weighted by atomic mass is 9.94. The summed E-state index contributed by atoms with van der Waals surface area (Å²) in [6.07, 6.45) is 24.8. The first kappa shape index (κ1) is 31.2. The monoisotopic (exact) mass is 472 g/mol. The van der Waals surface area contributed by atoms with Crippen molar-refractivity contribution in [3.05, 3.63) is 35.4 Å². The van der Waals surface area contributed by atoms with Gasteiger partial charge in [0.1, 0.15) is 0 Å². The molecular formula is C32H60N2. The van der Waals surface area contributed by atoms with Crippen LogP contribution in [-0.2, 0) is 0 Å².